The van der Waals surface area contributed by atoms with Gasteiger partial charge in [-0.1, -0.05) is 254 Å². The smallest absolute Gasteiger partial charge is 0.248 e. The van der Waals surface area contributed by atoms with Crippen LogP contribution in [-0.4, -0.2) is 18.0 Å². The van der Waals surface area contributed by atoms with Gasteiger partial charge in [-0.05, 0) is 124 Å². The van der Waals surface area contributed by atoms with Crippen molar-refractivity contribution < 1.29 is 0 Å². The highest BCUT2D eigenvalue weighted by atomic mass is 15.1. The number of rotatable bonds is 9. The Bertz CT molecular complexity index is 4160. The number of para-hydroxylation sites is 2. The molecule has 0 bridgehead atoms. The average Bonchev–Trinajstić information content (AvgIpc) is 4.09. The van der Waals surface area contributed by atoms with E-state index in [9.17, 15) is 0 Å². The van der Waals surface area contributed by atoms with E-state index in [1.807, 2.05) is 0 Å². The van der Waals surface area contributed by atoms with Crippen molar-refractivity contribution in [3.63, 3.8) is 0 Å². The van der Waals surface area contributed by atoms with Gasteiger partial charge in [0.05, 0.1) is 0 Å². The zero-order chi connectivity index (χ0) is 49.8. The zero-order valence-electron chi connectivity index (χ0n) is 41.6. The number of fused-ring (bicyclic) bond motifs is 3. The van der Waals surface area contributed by atoms with E-state index in [1.54, 1.807) is 0 Å². The quantitative estimate of drug-likeness (QED) is 0.103. The molecule has 2 nitrogen and oxygen atoms in total. The summed E-state index contributed by atoms with van der Waals surface area (Å²) in [6, 6.07) is 104. The molecule has 0 amide bonds. The Morgan fingerprint density at radius 3 is 0.947 bits per heavy atom. The van der Waals surface area contributed by atoms with Gasteiger partial charge in [0, 0.05) is 44.6 Å². The fraction of sp³-hybridized carbons (Fsp3) is 0. The summed E-state index contributed by atoms with van der Waals surface area (Å²) in [4.78, 5) is 2.48. The molecule has 350 valence electrons. The molecule has 0 radical (unpaired) electrons. The molecule has 0 atom stereocenters. The van der Waals surface area contributed by atoms with Crippen molar-refractivity contribution in [3.8, 4) is 50.2 Å². The van der Waals surface area contributed by atoms with Crippen molar-refractivity contribution >= 4 is 107 Å². The van der Waals surface area contributed by atoms with Crippen molar-refractivity contribution in [2.45, 2.75) is 0 Å². The van der Waals surface area contributed by atoms with Gasteiger partial charge in [0.1, 0.15) is 0 Å². The van der Waals surface area contributed by atoms with Crippen molar-refractivity contribution in [3.05, 3.63) is 279 Å². The van der Waals surface area contributed by atoms with E-state index < -0.39 is 0 Å². The Balaban J connectivity index is 1.14. The minimum atomic E-state index is -0.180. The van der Waals surface area contributed by atoms with Crippen LogP contribution < -0.4 is 37.7 Å². The molecule has 2 aliphatic rings. The number of benzene rings is 13. The van der Waals surface area contributed by atoms with Crippen LogP contribution in [0.4, 0.5) is 17.1 Å². The third-order valence-electron chi connectivity index (χ3n) is 16.7. The summed E-state index contributed by atoms with van der Waals surface area (Å²) in [6.07, 6.45) is 0. The van der Waals surface area contributed by atoms with E-state index in [0.717, 1.165) is 17.1 Å². The molecule has 1 aromatic heterocycles. The van der Waals surface area contributed by atoms with E-state index in [-0.39, 0.29) is 13.4 Å². The van der Waals surface area contributed by atoms with Crippen molar-refractivity contribution in [2.24, 2.45) is 0 Å². The van der Waals surface area contributed by atoms with Crippen LogP contribution in [0.3, 0.4) is 0 Å². The lowest BCUT2D eigenvalue weighted by Gasteiger charge is -2.38. The molecule has 4 heteroatoms. The Morgan fingerprint density at radius 1 is 0.263 bits per heavy atom. The molecular weight excluding hydrogens is 914 g/mol. The van der Waals surface area contributed by atoms with Crippen LogP contribution in [-0.2, 0) is 0 Å². The van der Waals surface area contributed by atoms with Crippen molar-refractivity contribution in [1.82, 2.24) is 4.57 Å². The van der Waals surface area contributed by atoms with Gasteiger partial charge < -0.3 is 9.47 Å². The van der Waals surface area contributed by atoms with Crippen LogP contribution in [0.2, 0.25) is 0 Å². The molecule has 0 spiro atoms. The van der Waals surface area contributed by atoms with Crippen LogP contribution in [0.1, 0.15) is 0 Å². The van der Waals surface area contributed by atoms with Crippen molar-refractivity contribution in [1.29, 1.82) is 0 Å². The third-order valence-corrected chi connectivity index (χ3v) is 16.7. The van der Waals surface area contributed by atoms with Gasteiger partial charge in [-0.25, -0.2) is 0 Å². The predicted octanol–water partition coefficient (Wildman–Crippen LogP) is 14.3. The molecule has 14 aromatic rings. The maximum absolute atomic E-state index is 2.74. The highest BCUT2D eigenvalue weighted by molar-refractivity contribution is 7.03. The first-order chi connectivity index (χ1) is 37.8. The molecule has 2 aliphatic heterocycles. The van der Waals surface area contributed by atoms with E-state index in [0.29, 0.717) is 0 Å². The number of nitrogens with zero attached hydrogens (tertiary/aromatic N) is 2. The Hall–Kier alpha value is -9.63. The van der Waals surface area contributed by atoms with Gasteiger partial charge in [-0.15, -0.1) is 0 Å². The minimum absolute atomic E-state index is 0.180. The summed E-state index contributed by atoms with van der Waals surface area (Å²) in [6.45, 7) is -0.360. The third kappa shape index (κ3) is 6.25. The number of hydrogen-bond acceptors (Lipinski definition) is 1. The topological polar surface area (TPSA) is 8.17 Å². The molecule has 16 rings (SSSR count). The molecule has 0 aliphatic carbocycles. The minimum Gasteiger partial charge on any atom is -0.311 e. The van der Waals surface area contributed by atoms with E-state index in [1.165, 1.54) is 126 Å². The molecular formula is C72H46B2N2. The van der Waals surface area contributed by atoms with Gasteiger partial charge in [-0.3, -0.25) is 0 Å². The summed E-state index contributed by atoms with van der Waals surface area (Å²) < 4.78 is 2.74. The Morgan fingerprint density at radius 2 is 0.592 bits per heavy atom. The standard InChI is InChI=1S/C72H46B2N2/c1-7-23-47(24-8-1)54-37-21-38-55(48-25-9-2-10-26-48)68(54)73-62-43-41-60-58-35-19-20-36-59(58)61-42-44-63-72-67(61)66(60)71(62)76(72)70-64(73)45-53(75(51-31-15-5-16-32-51)52-33-17-6-18-34-52)46-65(70)74(63)69-56(49-27-11-3-12-28-49)39-22-40-57(69)50-29-13-4-14-30-50/h1-46H. The van der Waals surface area contributed by atoms with Gasteiger partial charge in [0.2, 0.25) is 13.4 Å². The number of anilines is 3. The number of hydrogen-bond donors (Lipinski definition) is 0. The van der Waals surface area contributed by atoms with Crippen LogP contribution in [0.25, 0.3) is 93.5 Å². The van der Waals surface area contributed by atoms with Crippen LogP contribution >= 0.6 is 0 Å². The van der Waals surface area contributed by atoms with Crippen LogP contribution in [0, 0.1) is 0 Å². The summed E-state index contributed by atoms with van der Waals surface area (Å²) >= 11 is 0. The Kier molecular flexibility index (Phi) is 9.56. The van der Waals surface area contributed by atoms with Gasteiger partial charge in [-0.2, -0.15) is 0 Å². The molecule has 0 unspecified atom stereocenters. The summed E-state index contributed by atoms with van der Waals surface area (Å²) in [5.74, 6) is 0. The zero-order valence-corrected chi connectivity index (χ0v) is 41.6. The second-order valence-corrected chi connectivity index (χ2v) is 20.6. The van der Waals surface area contributed by atoms with E-state index in [2.05, 4.69) is 289 Å². The summed E-state index contributed by atoms with van der Waals surface area (Å²) in [5.41, 5.74) is 24.9. The molecule has 0 N–H and O–H groups in total. The van der Waals surface area contributed by atoms with Gasteiger partial charge >= 0.3 is 0 Å². The van der Waals surface area contributed by atoms with Crippen molar-refractivity contribution in [2.75, 3.05) is 4.90 Å². The van der Waals surface area contributed by atoms with Gasteiger partial charge in [0.15, 0.2) is 0 Å². The average molecular weight is 961 g/mol. The lowest BCUT2D eigenvalue weighted by Crippen LogP contribution is -2.64. The second kappa shape index (κ2) is 17.0. The first-order valence-electron chi connectivity index (χ1n) is 26.6. The maximum Gasteiger partial charge on any atom is 0.248 e. The highest BCUT2D eigenvalue weighted by Gasteiger charge is 2.45. The summed E-state index contributed by atoms with van der Waals surface area (Å²) in [5, 5.41) is 7.88. The first kappa shape index (κ1) is 42.8. The highest BCUT2D eigenvalue weighted by Crippen LogP contribution is 2.46. The molecule has 0 saturated heterocycles. The monoisotopic (exact) mass is 960 g/mol. The SMILES string of the molecule is c1ccc(-c2cccc(-c3ccccc3)c2B2c3cc(N(c4ccccc4)c4ccccc4)cc4c3-n3c5c2ccc2c6ccccc6c6ccc(c3c6c25)B4c2c(-c3ccccc3)cccc2-c2ccccc2)cc1. The number of aromatic nitrogens is 1. The molecule has 3 heterocycles. The lowest BCUT2D eigenvalue weighted by molar-refractivity contribution is 1.19. The Labute approximate surface area is 442 Å². The molecule has 0 saturated carbocycles. The van der Waals surface area contributed by atoms with E-state index in [4.69, 9.17) is 0 Å². The fourth-order valence-electron chi connectivity index (χ4n) is 13.7. The fourth-order valence-corrected chi connectivity index (χ4v) is 13.7. The first-order valence-corrected chi connectivity index (χ1v) is 26.6. The lowest BCUT2D eigenvalue weighted by atomic mass is 9.30. The van der Waals surface area contributed by atoms with Crippen LogP contribution in [0.15, 0.2) is 279 Å². The second-order valence-electron chi connectivity index (χ2n) is 20.6. The maximum atomic E-state index is 2.74. The summed E-state index contributed by atoms with van der Waals surface area (Å²) in [7, 11) is 0. The molecule has 0 fully saturated rings. The normalized spacial score (nSPS) is 12.4. The van der Waals surface area contributed by atoms with E-state index >= 15 is 0 Å². The molecule has 76 heavy (non-hydrogen) atoms. The molecule has 13 aromatic carbocycles. The predicted molar refractivity (Wildman–Crippen MR) is 326 cm³/mol. The van der Waals surface area contributed by atoms with Gasteiger partial charge in [0.25, 0.3) is 0 Å². The largest absolute Gasteiger partial charge is 0.311 e. The van der Waals surface area contributed by atoms with Crippen LogP contribution in [0.5, 0.6) is 0 Å².